The number of pyridine rings is 2. The molecule has 0 aromatic carbocycles. The molecule has 3 rings (SSSR count). The van der Waals surface area contributed by atoms with Crippen molar-refractivity contribution in [3.05, 3.63) is 48.3 Å². The molecular weight excluding hydrogens is 309 g/mol. The summed E-state index contributed by atoms with van der Waals surface area (Å²) in [6.07, 6.45) is 6.22. The zero-order valence-electron chi connectivity index (χ0n) is 13.7. The smallest absolute Gasteiger partial charge is 0.241 e. The normalized spacial score (nSPS) is 10.8. The van der Waals surface area contributed by atoms with Crippen LogP contribution in [-0.4, -0.2) is 39.4 Å². The average molecular weight is 327 g/mol. The number of hydrogen-bond donors (Lipinski definition) is 1. The van der Waals surface area contributed by atoms with E-state index in [0.717, 1.165) is 17.1 Å². The Morgan fingerprint density at radius 3 is 2.83 bits per heavy atom. The van der Waals surface area contributed by atoms with Gasteiger partial charge in [-0.05, 0) is 24.6 Å². The van der Waals surface area contributed by atoms with E-state index in [4.69, 9.17) is 0 Å². The molecule has 7 heteroatoms. The Kier molecular flexibility index (Phi) is 4.16. The highest BCUT2D eigenvalue weighted by Gasteiger charge is 2.13. The molecule has 0 saturated carbocycles. The first kappa shape index (κ1) is 15.9. The molecule has 3 aromatic rings. The molecule has 0 spiro atoms. The number of aryl methyl sites for hydroxylation is 1. The van der Waals surface area contributed by atoms with Crippen molar-refractivity contribution in [1.29, 1.82) is 0 Å². The number of nitrogens with zero attached hydrogens (tertiary/aromatic N) is 4. The average Bonchev–Trinajstić information content (AvgIpc) is 2.95. The number of carbonyl (C=O) groups excluding carboxylic acids is 1. The van der Waals surface area contributed by atoms with Gasteiger partial charge in [-0.25, -0.2) is 9.37 Å². The van der Waals surface area contributed by atoms with E-state index in [1.54, 1.807) is 38.3 Å². The zero-order valence-corrected chi connectivity index (χ0v) is 13.7. The molecule has 24 heavy (non-hydrogen) atoms. The molecular formula is C17H18FN5O. The number of anilines is 2. The second kappa shape index (κ2) is 6.27. The van der Waals surface area contributed by atoms with Crippen LogP contribution in [0.5, 0.6) is 0 Å². The largest absolute Gasteiger partial charge is 0.347 e. The minimum atomic E-state index is -0.434. The highest BCUT2D eigenvalue weighted by molar-refractivity contribution is 5.93. The van der Waals surface area contributed by atoms with Crippen LogP contribution in [0.3, 0.4) is 0 Å². The maximum absolute atomic E-state index is 14.0. The molecule has 0 aliphatic carbocycles. The Labute approximate surface area is 138 Å². The number of amides is 1. The fourth-order valence-corrected chi connectivity index (χ4v) is 2.46. The number of halogens is 1. The molecule has 0 fully saturated rings. The van der Waals surface area contributed by atoms with Crippen LogP contribution in [0.25, 0.3) is 10.9 Å². The van der Waals surface area contributed by atoms with Crippen molar-refractivity contribution in [2.45, 2.75) is 13.5 Å². The van der Waals surface area contributed by atoms with Crippen molar-refractivity contribution in [3.8, 4) is 0 Å². The standard InChI is InChI=1S/C17H18FN5O/c1-11-8-19-9-13(18)16(11)21-17-12-5-7-23(10-15(24)22(2)3)14(12)4-6-20-17/h4-9H,10H2,1-3H3,(H,19,20,21). The van der Waals surface area contributed by atoms with Crippen LogP contribution < -0.4 is 5.32 Å². The third-order valence-corrected chi connectivity index (χ3v) is 3.83. The molecule has 3 aromatic heterocycles. The van der Waals surface area contributed by atoms with Crippen LogP contribution in [0.2, 0.25) is 0 Å². The molecule has 124 valence electrons. The summed E-state index contributed by atoms with van der Waals surface area (Å²) in [6.45, 7) is 2.02. The van der Waals surface area contributed by atoms with Gasteiger partial charge in [0.05, 0.1) is 17.4 Å². The second-order valence-electron chi connectivity index (χ2n) is 5.76. The number of nitrogens with one attached hydrogen (secondary N) is 1. The van der Waals surface area contributed by atoms with E-state index in [2.05, 4.69) is 15.3 Å². The molecule has 6 nitrogen and oxygen atoms in total. The summed E-state index contributed by atoms with van der Waals surface area (Å²) in [6, 6.07) is 3.70. The van der Waals surface area contributed by atoms with Crippen molar-refractivity contribution in [3.63, 3.8) is 0 Å². The van der Waals surface area contributed by atoms with E-state index in [0.29, 0.717) is 17.1 Å². The lowest BCUT2D eigenvalue weighted by molar-refractivity contribution is -0.129. The quantitative estimate of drug-likeness (QED) is 0.800. The van der Waals surface area contributed by atoms with Crippen molar-refractivity contribution in [2.75, 3.05) is 19.4 Å². The molecule has 0 aliphatic heterocycles. The van der Waals surface area contributed by atoms with Gasteiger partial charge in [-0.2, -0.15) is 0 Å². The van der Waals surface area contributed by atoms with Crippen molar-refractivity contribution >= 4 is 28.3 Å². The number of fused-ring (bicyclic) bond motifs is 1. The first-order chi connectivity index (χ1) is 11.5. The maximum atomic E-state index is 14.0. The van der Waals surface area contributed by atoms with E-state index in [1.165, 1.54) is 0 Å². The van der Waals surface area contributed by atoms with Gasteiger partial charge in [-0.1, -0.05) is 0 Å². The summed E-state index contributed by atoms with van der Waals surface area (Å²) in [4.78, 5) is 21.6. The third-order valence-electron chi connectivity index (χ3n) is 3.83. The predicted octanol–water partition coefficient (Wildman–Crippen LogP) is 2.71. The summed E-state index contributed by atoms with van der Waals surface area (Å²) in [5.74, 6) is 0.0996. The molecule has 1 amide bonds. The van der Waals surface area contributed by atoms with Gasteiger partial charge >= 0.3 is 0 Å². The zero-order chi connectivity index (χ0) is 17.3. The number of aromatic nitrogens is 3. The van der Waals surface area contributed by atoms with Crippen LogP contribution in [-0.2, 0) is 11.3 Å². The molecule has 3 heterocycles. The molecule has 0 unspecified atom stereocenters. The SMILES string of the molecule is Cc1cncc(F)c1Nc1nccc2c1ccn2CC(=O)N(C)C. The molecule has 0 saturated heterocycles. The minimum Gasteiger partial charge on any atom is -0.347 e. The molecule has 0 aliphatic rings. The van der Waals surface area contributed by atoms with Crippen molar-refractivity contribution in [1.82, 2.24) is 19.4 Å². The number of carbonyl (C=O) groups is 1. The predicted molar refractivity (Wildman–Crippen MR) is 90.6 cm³/mol. The van der Waals surface area contributed by atoms with Crippen LogP contribution >= 0.6 is 0 Å². The lowest BCUT2D eigenvalue weighted by Gasteiger charge is -2.13. The maximum Gasteiger partial charge on any atom is 0.241 e. The van der Waals surface area contributed by atoms with E-state index < -0.39 is 5.82 Å². The topological polar surface area (TPSA) is 63.1 Å². The van der Waals surface area contributed by atoms with Crippen LogP contribution in [0.4, 0.5) is 15.9 Å². The van der Waals surface area contributed by atoms with Gasteiger partial charge in [-0.15, -0.1) is 0 Å². The van der Waals surface area contributed by atoms with Gasteiger partial charge in [0.1, 0.15) is 12.4 Å². The summed E-state index contributed by atoms with van der Waals surface area (Å²) in [5.41, 5.74) is 1.90. The fraction of sp³-hybridized carbons (Fsp3) is 0.235. The summed E-state index contributed by atoms with van der Waals surface area (Å²) in [5, 5.41) is 3.86. The fourth-order valence-electron chi connectivity index (χ4n) is 2.46. The Morgan fingerprint density at radius 2 is 2.12 bits per heavy atom. The van der Waals surface area contributed by atoms with Crippen LogP contribution in [0.15, 0.2) is 36.9 Å². The van der Waals surface area contributed by atoms with Gasteiger partial charge < -0.3 is 14.8 Å². The van der Waals surface area contributed by atoms with Gasteiger partial charge in [0.15, 0.2) is 5.82 Å². The Bertz CT molecular complexity index is 883. The van der Waals surface area contributed by atoms with Gasteiger partial charge in [0.25, 0.3) is 0 Å². The lowest BCUT2D eigenvalue weighted by Crippen LogP contribution is -2.25. The van der Waals surface area contributed by atoms with Crippen LogP contribution in [0, 0.1) is 12.7 Å². The first-order valence-electron chi connectivity index (χ1n) is 7.48. The van der Waals surface area contributed by atoms with E-state index in [1.807, 2.05) is 22.9 Å². The Morgan fingerprint density at radius 1 is 1.33 bits per heavy atom. The summed E-state index contributed by atoms with van der Waals surface area (Å²) >= 11 is 0. The number of rotatable bonds is 4. The third kappa shape index (κ3) is 2.92. The second-order valence-corrected chi connectivity index (χ2v) is 5.76. The van der Waals surface area contributed by atoms with Gasteiger partial charge in [-0.3, -0.25) is 9.78 Å². The van der Waals surface area contributed by atoms with Gasteiger partial charge in [0, 0.05) is 38.1 Å². The monoisotopic (exact) mass is 327 g/mol. The minimum absolute atomic E-state index is 0.00477. The van der Waals surface area contributed by atoms with E-state index >= 15 is 0 Å². The van der Waals surface area contributed by atoms with E-state index in [9.17, 15) is 9.18 Å². The summed E-state index contributed by atoms with van der Waals surface area (Å²) < 4.78 is 15.8. The van der Waals surface area contributed by atoms with Gasteiger partial charge in [0.2, 0.25) is 5.91 Å². The van der Waals surface area contributed by atoms with Crippen LogP contribution in [0.1, 0.15) is 5.56 Å². The highest BCUT2D eigenvalue weighted by Crippen LogP contribution is 2.28. The molecule has 1 N–H and O–H groups in total. The first-order valence-corrected chi connectivity index (χ1v) is 7.48. The lowest BCUT2D eigenvalue weighted by atomic mass is 10.2. The Balaban J connectivity index is 1.99. The molecule has 0 atom stereocenters. The van der Waals surface area contributed by atoms with Crippen molar-refractivity contribution in [2.24, 2.45) is 0 Å². The van der Waals surface area contributed by atoms with E-state index in [-0.39, 0.29) is 12.5 Å². The number of hydrogen-bond acceptors (Lipinski definition) is 4. The molecule has 0 radical (unpaired) electrons. The van der Waals surface area contributed by atoms with Crippen molar-refractivity contribution < 1.29 is 9.18 Å². The summed E-state index contributed by atoms with van der Waals surface area (Å²) in [7, 11) is 3.44. The number of likely N-dealkylation sites (N-methyl/N-ethyl adjacent to an activating group) is 1. The Hall–Kier alpha value is -2.96. The highest BCUT2D eigenvalue weighted by atomic mass is 19.1. The molecule has 0 bridgehead atoms.